The van der Waals surface area contributed by atoms with Gasteiger partial charge in [0, 0.05) is 12.0 Å². The lowest BCUT2D eigenvalue weighted by molar-refractivity contribution is 0.588. The first-order chi connectivity index (χ1) is 7.74. The van der Waals surface area contributed by atoms with Crippen LogP contribution in [0.5, 0.6) is 0 Å². The van der Waals surface area contributed by atoms with Gasteiger partial charge in [0.05, 0.1) is 11.0 Å². The largest absolute Gasteiger partial charge is 0.342 e. The van der Waals surface area contributed by atoms with Crippen molar-refractivity contribution < 1.29 is 0 Å². The number of aromatic nitrogens is 2. The number of nitrogens with zero attached hydrogens (tertiary/aromatic N) is 1. The van der Waals surface area contributed by atoms with Crippen molar-refractivity contribution >= 4 is 11.0 Å². The topological polar surface area (TPSA) is 54.7 Å². The van der Waals surface area contributed by atoms with Crippen molar-refractivity contribution in [2.75, 3.05) is 0 Å². The fourth-order valence-electron chi connectivity index (χ4n) is 2.65. The van der Waals surface area contributed by atoms with E-state index in [4.69, 9.17) is 5.73 Å². The lowest BCUT2D eigenvalue weighted by atomic mass is 10.0. The van der Waals surface area contributed by atoms with Crippen LogP contribution in [0.2, 0.25) is 0 Å². The summed E-state index contributed by atoms with van der Waals surface area (Å²) in [5.41, 5.74) is 9.55. The Morgan fingerprint density at radius 2 is 2.25 bits per heavy atom. The molecule has 0 amide bonds. The molecule has 2 atom stereocenters. The number of imidazole rings is 1. The smallest absolute Gasteiger partial charge is 0.111 e. The quantitative estimate of drug-likeness (QED) is 0.767. The molecule has 1 fully saturated rings. The summed E-state index contributed by atoms with van der Waals surface area (Å²) in [6, 6.07) is 6.60. The highest BCUT2D eigenvalue weighted by molar-refractivity contribution is 5.75. The molecule has 2 aromatic rings. The van der Waals surface area contributed by atoms with Crippen molar-refractivity contribution in [3.05, 3.63) is 29.6 Å². The predicted molar refractivity (Wildman–Crippen MR) is 65.4 cm³/mol. The molecule has 1 heterocycles. The second-order valence-corrected chi connectivity index (χ2v) is 4.84. The first-order valence-electron chi connectivity index (χ1n) is 5.96. The Morgan fingerprint density at radius 3 is 3.00 bits per heavy atom. The number of hydrogen-bond acceptors (Lipinski definition) is 2. The van der Waals surface area contributed by atoms with E-state index in [1.165, 1.54) is 18.4 Å². The highest BCUT2D eigenvalue weighted by atomic mass is 14.9. The summed E-state index contributed by atoms with van der Waals surface area (Å²) < 4.78 is 0. The van der Waals surface area contributed by atoms with Crippen LogP contribution < -0.4 is 5.73 Å². The summed E-state index contributed by atoms with van der Waals surface area (Å²) >= 11 is 0. The number of aryl methyl sites for hydroxylation is 1. The summed E-state index contributed by atoms with van der Waals surface area (Å²) in [5.74, 6) is 1.50. The zero-order valence-electron chi connectivity index (χ0n) is 9.53. The molecule has 3 nitrogen and oxygen atoms in total. The van der Waals surface area contributed by atoms with Gasteiger partial charge in [-0.25, -0.2) is 4.98 Å². The molecule has 0 radical (unpaired) electrons. The van der Waals surface area contributed by atoms with Crippen LogP contribution in [0.25, 0.3) is 11.0 Å². The third-order valence-corrected chi connectivity index (χ3v) is 3.58. The number of aromatic amines is 1. The van der Waals surface area contributed by atoms with E-state index in [1.807, 2.05) is 0 Å². The average Bonchev–Trinajstić information content (AvgIpc) is 2.82. The van der Waals surface area contributed by atoms with Gasteiger partial charge < -0.3 is 10.7 Å². The van der Waals surface area contributed by atoms with E-state index in [-0.39, 0.29) is 6.04 Å². The van der Waals surface area contributed by atoms with Crippen LogP contribution in [0.15, 0.2) is 18.2 Å². The maximum atomic E-state index is 6.10. The van der Waals surface area contributed by atoms with Crippen molar-refractivity contribution in [3.63, 3.8) is 0 Å². The second-order valence-electron chi connectivity index (χ2n) is 4.84. The normalized spacial score (nSPS) is 25.4. The lowest BCUT2D eigenvalue weighted by Crippen LogP contribution is -2.23. The molecular weight excluding hydrogens is 198 g/mol. The third-order valence-electron chi connectivity index (χ3n) is 3.58. The van der Waals surface area contributed by atoms with Crippen LogP contribution in [0.1, 0.15) is 36.6 Å². The number of rotatable bonds is 1. The van der Waals surface area contributed by atoms with Gasteiger partial charge in [-0.1, -0.05) is 12.5 Å². The van der Waals surface area contributed by atoms with Gasteiger partial charge in [-0.05, 0) is 37.5 Å². The Labute approximate surface area is 95.1 Å². The summed E-state index contributed by atoms with van der Waals surface area (Å²) in [6.07, 6.45) is 3.52. The van der Waals surface area contributed by atoms with Gasteiger partial charge in [-0.15, -0.1) is 0 Å². The van der Waals surface area contributed by atoms with Gasteiger partial charge in [-0.3, -0.25) is 0 Å². The summed E-state index contributed by atoms with van der Waals surface area (Å²) in [6.45, 7) is 2.10. The molecule has 3 heteroatoms. The molecule has 1 aliphatic carbocycles. The Kier molecular flexibility index (Phi) is 2.21. The molecular formula is C13H17N3. The standard InChI is InChI=1S/C13H17N3/c1-8-5-6-11-12(7-8)16-13(15-11)9-3-2-4-10(9)14/h5-7,9-10H,2-4,14H2,1H3,(H,15,16). The Balaban J connectivity index is 2.04. The molecule has 3 N–H and O–H groups in total. The highest BCUT2D eigenvalue weighted by Gasteiger charge is 2.27. The van der Waals surface area contributed by atoms with E-state index in [2.05, 4.69) is 35.1 Å². The number of nitrogens with two attached hydrogens (primary N) is 1. The van der Waals surface area contributed by atoms with Gasteiger partial charge >= 0.3 is 0 Å². The fourth-order valence-corrected chi connectivity index (χ4v) is 2.65. The highest BCUT2D eigenvalue weighted by Crippen LogP contribution is 2.32. The molecule has 0 saturated heterocycles. The monoisotopic (exact) mass is 215 g/mol. The van der Waals surface area contributed by atoms with Gasteiger partial charge in [0.2, 0.25) is 0 Å². The molecule has 84 valence electrons. The molecule has 1 aromatic heterocycles. The summed E-state index contributed by atoms with van der Waals surface area (Å²) in [4.78, 5) is 8.07. The van der Waals surface area contributed by atoms with Crippen LogP contribution in [0.3, 0.4) is 0 Å². The SMILES string of the molecule is Cc1ccc2nc(C3CCCC3N)[nH]c2c1. The lowest BCUT2D eigenvalue weighted by Gasteiger charge is -2.11. The molecule has 0 bridgehead atoms. The maximum absolute atomic E-state index is 6.10. The minimum atomic E-state index is 0.279. The maximum Gasteiger partial charge on any atom is 0.111 e. The molecule has 1 saturated carbocycles. The molecule has 0 aliphatic heterocycles. The van der Waals surface area contributed by atoms with E-state index in [1.54, 1.807) is 0 Å². The Bertz CT molecular complexity index is 515. The Morgan fingerprint density at radius 1 is 1.38 bits per heavy atom. The van der Waals surface area contributed by atoms with E-state index < -0.39 is 0 Å². The average molecular weight is 215 g/mol. The second kappa shape index (κ2) is 3.59. The molecule has 3 rings (SSSR count). The Hall–Kier alpha value is -1.35. The number of H-pyrrole nitrogens is 1. The van der Waals surface area contributed by atoms with E-state index >= 15 is 0 Å². The predicted octanol–water partition coefficient (Wildman–Crippen LogP) is 2.47. The van der Waals surface area contributed by atoms with Crippen LogP contribution in [0, 0.1) is 6.92 Å². The van der Waals surface area contributed by atoms with E-state index in [0.29, 0.717) is 5.92 Å². The number of fused-ring (bicyclic) bond motifs is 1. The van der Waals surface area contributed by atoms with Crippen LogP contribution in [-0.2, 0) is 0 Å². The number of nitrogens with one attached hydrogen (secondary N) is 1. The van der Waals surface area contributed by atoms with Crippen molar-refractivity contribution in [1.29, 1.82) is 0 Å². The van der Waals surface area contributed by atoms with E-state index in [0.717, 1.165) is 23.3 Å². The van der Waals surface area contributed by atoms with Crippen molar-refractivity contribution in [3.8, 4) is 0 Å². The van der Waals surface area contributed by atoms with Gasteiger partial charge in [0.15, 0.2) is 0 Å². The minimum absolute atomic E-state index is 0.279. The molecule has 2 unspecified atom stereocenters. The first kappa shape index (κ1) is 9.85. The van der Waals surface area contributed by atoms with Crippen molar-refractivity contribution in [1.82, 2.24) is 9.97 Å². The molecule has 16 heavy (non-hydrogen) atoms. The zero-order valence-corrected chi connectivity index (χ0v) is 9.53. The van der Waals surface area contributed by atoms with Crippen LogP contribution in [-0.4, -0.2) is 16.0 Å². The molecule has 0 spiro atoms. The number of benzene rings is 1. The van der Waals surface area contributed by atoms with Gasteiger partial charge in [0.25, 0.3) is 0 Å². The minimum Gasteiger partial charge on any atom is -0.342 e. The summed E-state index contributed by atoms with van der Waals surface area (Å²) in [5, 5.41) is 0. The first-order valence-corrected chi connectivity index (χ1v) is 5.96. The van der Waals surface area contributed by atoms with Crippen LogP contribution >= 0.6 is 0 Å². The summed E-state index contributed by atoms with van der Waals surface area (Å²) in [7, 11) is 0. The fraction of sp³-hybridized carbons (Fsp3) is 0.462. The van der Waals surface area contributed by atoms with Crippen molar-refractivity contribution in [2.45, 2.75) is 38.1 Å². The van der Waals surface area contributed by atoms with Crippen LogP contribution in [0.4, 0.5) is 0 Å². The molecule has 1 aromatic carbocycles. The number of hydrogen-bond donors (Lipinski definition) is 2. The third kappa shape index (κ3) is 1.52. The van der Waals surface area contributed by atoms with Gasteiger partial charge in [-0.2, -0.15) is 0 Å². The zero-order chi connectivity index (χ0) is 11.1. The van der Waals surface area contributed by atoms with Gasteiger partial charge in [0.1, 0.15) is 5.82 Å². The van der Waals surface area contributed by atoms with E-state index in [9.17, 15) is 0 Å². The van der Waals surface area contributed by atoms with Crippen molar-refractivity contribution in [2.24, 2.45) is 5.73 Å². The molecule has 1 aliphatic rings.